The molecule has 2 aromatic rings. The van der Waals surface area contributed by atoms with E-state index in [1.165, 1.54) is 10.4 Å². The topological polar surface area (TPSA) is 59.1 Å². The van der Waals surface area contributed by atoms with Gasteiger partial charge in [-0.3, -0.25) is 9.59 Å². The van der Waals surface area contributed by atoms with Crippen LogP contribution in [0.5, 0.6) is 5.75 Å². The Bertz CT molecular complexity index is 849. The van der Waals surface area contributed by atoms with E-state index >= 15 is 0 Å². The van der Waals surface area contributed by atoms with Crippen molar-refractivity contribution in [1.82, 2.24) is 9.80 Å². The van der Waals surface area contributed by atoms with E-state index in [0.29, 0.717) is 32.7 Å². The second kappa shape index (κ2) is 10.6. The first-order chi connectivity index (χ1) is 14.5. The number of nitrogens with zero attached hydrogens (tertiary/aromatic N) is 2. The van der Waals surface area contributed by atoms with Crippen LogP contribution in [0.15, 0.2) is 35.7 Å². The predicted octanol–water partition coefficient (Wildman–Crippen LogP) is 3.45. The number of hydrogen-bond donors (Lipinski definition) is 0. The van der Waals surface area contributed by atoms with E-state index in [9.17, 15) is 9.59 Å². The van der Waals surface area contributed by atoms with Gasteiger partial charge in [-0.1, -0.05) is 24.6 Å². The third-order valence-corrected chi connectivity index (χ3v) is 6.39. The van der Waals surface area contributed by atoms with E-state index in [-0.39, 0.29) is 24.4 Å². The molecule has 7 heteroatoms. The van der Waals surface area contributed by atoms with Gasteiger partial charge in [-0.25, -0.2) is 0 Å². The van der Waals surface area contributed by atoms with Crippen molar-refractivity contribution in [1.29, 1.82) is 0 Å². The van der Waals surface area contributed by atoms with E-state index < -0.39 is 0 Å². The molecule has 0 bridgehead atoms. The maximum Gasteiger partial charge on any atom is 0.242 e. The Morgan fingerprint density at radius 1 is 1.23 bits per heavy atom. The van der Waals surface area contributed by atoms with Crippen LogP contribution in [0, 0.1) is 6.92 Å². The van der Waals surface area contributed by atoms with Crippen LogP contribution < -0.4 is 4.74 Å². The molecule has 3 rings (SSSR count). The van der Waals surface area contributed by atoms with E-state index in [4.69, 9.17) is 9.47 Å². The number of carbonyl (C=O) groups is 2. The summed E-state index contributed by atoms with van der Waals surface area (Å²) in [7, 11) is 1.59. The molecule has 162 valence electrons. The number of aryl methyl sites for hydroxylation is 1. The Morgan fingerprint density at radius 3 is 2.70 bits per heavy atom. The molecule has 0 saturated heterocycles. The van der Waals surface area contributed by atoms with Crippen LogP contribution in [0.3, 0.4) is 0 Å². The molecule has 1 aromatic heterocycles. The Balaban J connectivity index is 1.74. The molecule has 1 aromatic carbocycles. The van der Waals surface area contributed by atoms with E-state index in [1.54, 1.807) is 23.3 Å². The lowest BCUT2D eigenvalue weighted by molar-refractivity contribution is -0.143. The Kier molecular flexibility index (Phi) is 7.87. The summed E-state index contributed by atoms with van der Waals surface area (Å²) >= 11 is 1.73. The first-order valence-corrected chi connectivity index (χ1v) is 11.2. The molecule has 1 aliphatic heterocycles. The summed E-state index contributed by atoms with van der Waals surface area (Å²) in [5, 5.41) is 2.07. The van der Waals surface area contributed by atoms with Gasteiger partial charge < -0.3 is 19.3 Å². The Labute approximate surface area is 182 Å². The minimum absolute atomic E-state index is 0.0407. The van der Waals surface area contributed by atoms with Crippen LogP contribution in [0.25, 0.3) is 0 Å². The second-order valence-corrected chi connectivity index (χ2v) is 8.44. The standard InChI is InChI=1S/C23H30N2O4S/c1-4-22(26)24(12-13-28-3)15-23(27)25-11-9-21-19(10-14-30-21)20(25)16-29-18-7-5-17(2)6-8-18/h5-8,10,14,20H,4,9,11-13,15-16H2,1-3H3. The summed E-state index contributed by atoms with van der Waals surface area (Å²) in [6, 6.07) is 9.85. The van der Waals surface area contributed by atoms with Crippen molar-refractivity contribution in [3.8, 4) is 5.75 Å². The fourth-order valence-electron chi connectivity index (χ4n) is 3.66. The maximum absolute atomic E-state index is 13.2. The third kappa shape index (κ3) is 5.40. The van der Waals surface area contributed by atoms with Crippen LogP contribution in [-0.4, -0.2) is 61.6 Å². The molecule has 0 fully saturated rings. The molecular weight excluding hydrogens is 400 g/mol. The summed E-state index contributed by atoms with van der Waals surface area (Å²) in [6.07, 6.45) is 1.20. The zero-order valence-electron chi connectivity index (χ0n) is 17.9. The first kappa shape index (κ1) is 22.3. The number of thiophene rings is 1. The van der Waals surface area contributed by atoms with Crippen molar-refractivity contribution in [2.75, 3.05) is 40.0 Å². The van der Waals surface area contributed by atoms with E-state index in [1.807, 2.05) is 43.0 Å². The number of fused-ring (bicyclic) bond motifs is 1. The van der Waals surface area contributed by atoms with Gasteiger partial charge in [0, 0.05) is 31.5 Å². The van der Waals surface area contributed by atoms with E-state index in [2.05, 4.69) is 11.4 Å². The fourth-order valence-corrected chi connectivity index (χ4v) is 4.58. The number of carbonyl (C=O) groups excluding carboxylic acids is 2. The highest BCUT2D eigenvalue weighted by Crippen LogP contribution is 2.34. The number of ether oxygens (including phenoxy) is 2. The summed E-state index contributed by atoms with van der Waals surface area (Å²) in [6.45, 7) is 5.76. The lowest BCUT2D eigenvalue weighted by Gasteiger charge is -2.37. The molecule has 0 N–H and O–H groups in total. The average molecular weight is 431 g/mol. The van der Waals surface area contributed by atoms with Crippen LogP contribution in [0.2, 0.25) is 0 Å². The zero-order chi connectivity index (χ0) is 21.5. The Hall–Kier alpha value is -2.38. The number of rotatable bonds is 9. The van der Waals surface area contributed by atoms with Crippen molar-refractivity contribution in [3.63, 3.8) is 0 Å². The predicted molar refractivity (Wildman–Crippen MR) is 118 cm³/mol. The smallest absolute Gasteiger partial charge is 0.242 e. The Morgan fingerprint density at radius 2 is 2.00 bits per heavy atom. The van der Waals surface area contributed by atoms with Crippen LogP contribution in [-0.2, 0) is 20.7 Å². The molecule has 0 saturated carbocycles. The van der Waals surface area contributed by atoms with Crippen molar-refractivity contribution < 1.29 is 19.1 Å². The molecule has 2 amide bonds. The molecule has 1 aliphatic rings. The lowest BCUT2D eigenvalue weighted by Crippen LogP contribution is -2.48. The summed E-state index contributed by atoms with van der Waals surface area (Å²) in [5.41, 5.74) is 2.32. The third-order valence-electron chi connectivity index (χ3n) is 5.39. The monoisotopic (exact) mass is 430 g/mol. The summed E-state index contributed by atoms with van der Waals surface area (Å²) in [5.74, 6) is 0.696. The van der Waals surface area contributed by atoms with Gasteiger partial charge in [-0.05, 0) is 42.5 Å². The van der Waals surface area contributed by atoms with Gasteiger partial charge in [-0.2, -0.15) is 0 Å². The van der Waals surface area contributed by atoms with Crippen molar-refractivity contribution in [2.45, 2.75) is 32.7 Å². The van der Waals surface area contributed by atoms with Gasteiger partial charge in [-0.15, -0.1) is 11.3 Å². The molecule has 1 unspecified atom stereocenters. The fraction of sp³-hybridized carbons (Fsp3) is 0.478. The van der Waals surface area contributed by atoms with Gasteiger partial charge in [0.25, 0.3) is 0 Å². The average Bonchev–Trinajstić information content (AvgIpc) is 3.24. The number of benzene rings is 1. The molecule has 30 heavy (non-hydrogen) atoms. The summed E-state index contributed by atoms with van der Waals surface area (Å²) < 4.78 is 11.2. The van der Waals surface area contributed by atoms with Crippen LogP contribution in [0.4, 0.5) is 0 Å². The molecule has 0 radical (unpaired) electrons. The molecular formula is C23H30N2O4S. The van der Waals surface area contributed by atoms with Gasteiger partial charge >= 0.3 is 0 Å². The minimum Gasteiger partial charge on any atom is -0.491 e. The molecule has 6 nitrogen and oxygen atoms in total. The lowest BCUT2D eigenvalue weighted by atomic mass is 10.0. The zero-order valence-corrected chi connectivity index (χ0v) is 18.7. The number of methoxy groups -OCH3 is 1. The maximum atomic E-state index is 13.2. The van der Waals surface area contributed by atoms with Crippen LogP contribution >= 0.6 is 11.3 Å². The largest absolute Gasteiger partial charge is 0.491 e. The second-order valence-electron chi connectivity index (χ2n) is 7.44. The van der Waals surface area contributed by atoms with Gasteiger partial charge in [0.1, 0.15) is 12.4 Å². The highest BCUT2D eigenvalue weighted by Gasteiger charge is 2.33. The van der Waals surface area contributed by atoms with Gasteiger partial charge in [0.2, 0.25) is 11.8 Å². The minimum atomic E-state index is -0.158. The van der Waals surface area contributed by atoms with Crippen LogP contribution in [0.1, 0.15) is 35.4 Å². The molecule has 0 spiro atoms. The van der Waals surface area contributed by atoms with Crippen molar-refractivity contribution in [3.05, 3.63) is 51.7 Å². The number of hydrogen-bond acceptors (Lipinski definition) is 5. The van der Waals surface area contributed by atoms with E-state index in [0.717, 1.165) is 17.7 Å². The first-order valence-electron chi connectivity index (χ1n) is 10.3. The number of amides is 2. The highest BCUT2D eigenvalue weighted by atomic mass is 32.1. The van der Waals surface area contributed by atoms with Crippen molar-refractivity contribution >= 4 is 23.2 Å². The molecule has 1 atom stereocenters. The quantitative estimate of drug-likeness (QED) is 0.611. The normalized spacial score (nSPS) is 15.6. The van der Waals surface area contributed by atoms with Gasteiger partial charge in [0.05, 0.1) is 19.2 Å². The highest BCUT2D eigenvalue weighted by molar-refractivity contribution is 7.10. The molecule has 0 aliphatic carbocycles. The summed E-state index contributed by atoms with van der Waals surface area (Å²) in [4.78, 5) is 30.3. The SMILES string of the molecule is CCC(=O)N(CCOC)CC(=O)N1CCc2sccc2C1COc1ccc(C)cc1. The van der Waals surface area contributed by atoms with Crippen molar-refractivity contribution in [2.24, 2.45) is 0 Å². The van der Waals surface area contributed by atoms with Gasteiger partial charge in [0.15, 0.2) is 0 Å². The molecule has 2 heterocycles.